The molecule has 2 N–H and O–H groups in total. The summed E-state index contributed by atoms with van der Waals surface area (Å²) in [5.74, 6) is 0.0827. The number of hydrogen-bond acceptors (Lipinski definition) is 4. The molecule has 0 bridgehead atoms. The van der Waals surface area contributed by atoms with Crippen LogP contribution in [0, 0.1) is 5.82 Å². The Kier molecular flexibility index (Phi) is 7.05. The lowest BCUT2D eigenvalue weighted by Crippen LogP contribution is -2.45. The van der Waals surface area contributed by atoms with Gasteiger partial charge in [-0.05, 0) is 48.2 Å². The summed E-state index contributed by atoms with van der Waals surface area (Å²) in [5, 5.41) is 0.995. The van der Waals surface area contributed by atoms with E-state index in [9.17, 15) is 12.8 Å². The highest BCUT2D eigenvalue weighted by Gasteiger charge is 2.24. The van der Waals surface area contributed by atoms with Crippen LogP contribution < -0.4 is 9.44 Å². The van der Waals surface area contributed by atoms with Crippen molar-refractivity contribution in [3.63, 3.8) is 0 Å². The van der Waals surface area contributed by atoms with Crippen LogP contribution in [0.4, 0.5) is 4.39 Å². The molecule has 0 spiro atoms. The van der Waals surface area contributed by atoms with Crippen molar-refractivity contribution in [1.82, 2.24) is 14.3 Å². The third-order valence-corrected chi connectivity index (χ3v) is 7.01. The second-order valence-corrected chi connectivity index (χ2v) is 10.2. The van der Waals surface area contributed by atoms with Gasteiger partial charge in [-0.3, -0.25) is 19.3 Å². The minimum Gasteiger partial charge on any atom is -0.299 e. The quantitative estimate of drug-likeness (QED) is 0.655. The average Bonchev–Trinajstić information content (AvgIpc) is 2.72. The van der Waals surface area contributed by atoms with Crippen LogP contribution in [0.1, 0.15) is 24.0 Å². The smallest absolute Gasteiger partial charge is 0.299 e. The Morgan fingerprint density at radius 2 is 1.78 bits per heavy atom. The Labute approximate surface area is 197 Å². The molecule has 0 atom stereocenters. The number of nitrogens with one attached hydrogen (secondary N) is 2. The van der Waals surface area contributed by atoms with Gasteiger partial charge in [0.15, 0.2) is 0 Å². The molecule has 0 saturated carbocycles. The number of nitrogens with zero attached hydrogens (tertiary/aromatic N) is 2. The van der Waals surface area contributed by atoms with Gasteiger partial charge in [0.2, 0.25) is 0 Å². The van der Waals surface area contributed by atoms with Crippen LogP contribution in [-0.4, -0.2) is 38.3 Å². The van der Waals surface area contributed by atoms with Gasteiger partial charge in [-0.1, -0.05) is 41.4 Å². The van der Waals surface area contributed by atoms with E-state index in [1.54, 1.807) is 36.4 Å². The first kappa shape index (κ1) is 23.0. The maximum Gasteiger partial charge on any atom is 0.322 e. The minimum atomic E-state index is -3.74. The zero-order valence-electron chi connectivity index (χ0n) is 17.2. The van der Waals surface area contributed by atoms with Crippen molar-refractivity contribution in [2.45, 2.75) is 31.8 Å². The van der Waals surface area contributed by atoms with Crippen LogP contribution in [0.15, 0.2) is 59.2 Å². The van der Waals surface area contributed by atoms with E-state index in [1.807, 2.05) is 0 Å². The van der Waals surface area contributed by atoms with E-state index in [2.05, 4.69) is 19.3 Å². The number of benzene rings is 2. The molecule has 32 heavy (non-hydrogen) atoms. The molecule has 0 radical (unpaired) electrons. The number of likely N-dealkylation sites (tertiary alicyclic amines) is 1. The van der Waals surface area contributed by atoms with Crippen molar-refractivity contribution in [2.75, 3.05) is 13.1 Å². The summed E-state index contributed by atoms with van der Waals surface area (Å²) in [4.78, 5) is 6.94. The predicted octanol–water partition coefficient (Wildman–Crippen LogP) is 4.06. The van der Waals surface area contributed by atoms with Crippen LogP contribution in [0.5, 0.6) is 0 Å². The highest BCUT2D eigenvalue weighted by Crippen LogP contribution is 2.24. The first-order chi connectivity index (χ1) is 15.3. The fraction of sp³-hybridized carbons (Fsp3) is 0.318. The van der Waals surface area contributed by atoms with Crippen molar-refractivity contribution in [3.8, 4) is 0 Å². The molecule has 0 aromatic heterocycles. The predicted molar refractivity (Wildman–Crippen MR) is 126 cm³/mol. The molecule has 10 heteroatoms. The number of hydrogen-bond donors (Lipinski definition) is 2. The average molecular weight is 497 g/mol. The number of amidine groups is 1. The first-order valence-corrected chi connectivity index (χ1v) is 12.5. The second-order valence-electron chi connectivity index (χ2n) is 7.94. The first-order valence-electron chi connectivity index (χ1n) is 10.3. The Morgan fingerprint density at radius 1 is 1.06 bits per heavy atom. The summed E-state index contributed by atoms with van der Waals surface area (Å²) in [5.41, 5.74) is 2.32. The van der Waals surface area contributed by atoms with E-state index in [0.717, 1.165) is 43.6 Å². The summed E-state index contributed by atoms with van der Waals surface area (Å²) in [6.45, 7) is 2.42. The van der Waals surface area contributed by atoms with Crippen LogP contribution in [0.25, 0.3) is 0 Å². The summed E-state index contributed by atoms with van der Waals surface area (Å²) in [6, 6.07) is 11.7. The molecular weight excluding hydrogens is 474 g/mol. The SMILES string of the molecule is O=S1(=O)NC(Cc2ccc(Cl)cc2Cl)=CC(=NC2CCN(Cc3ccc(F)cc3)CC2)N1. The molecule has 4 rings (SSSR count). The molecule has 2 aliphatic rings. The van der Waals surface area contributed by atoms with Gasteiger partial charge in [-0.15, -0.1) is 0 Å². The Hall–Kier alpha value is -2.13. The third-order valence-electron chi connectivity index (χ3n) is 5.41. The minimum absolute atomic E-state index is 0.0203. The molecule has 2 aromatic carbocycles. The zero-order chi connectivity index (χ0) is 22.7. The van der Waals surface area contributed by atoms with E-state index in [4.69, 9.17) is 23.2 Å². The lowest BCUT2D eigenvalue weighted by molar-refractivity contribution is 0.206. The van der Waals surface area contributed by atoms with Gasteiger partial charge in [0, 0.05) is 47.9 Å². The summed E-state index contributed by atoms with van der Waals surface area (Å²) in [7, 11) is -3.74. The largest absolute Gasteiger partial charge is 0.322 e. The van der Waals surface area contributed by atoms with Crippen molar-refractivity contribution >= 4 is 39.2 Å². The molecule has 1 saturated heterocycles. The molecule has 1 fully saturated rings. The van der Waals surface area contributed by atoms with E-state index < -0.39 is 10.2 Å². The number of halogens is 3. The molecular formula is C22H23Cl2FN4O2S. The van der Waals surface area contributed by atoms with Crippen LogP contribution in [0.3, 0.4) is 0 Å². The number of aliphatic imine (C=N–C) groups is 1. The molecule has 6 nitrogen and oxygen atoms in total. The fourth-order valence-electron chi connectivity index (χ4n) is 3.83. The van der Waals surface area contributed by atoms with Gasteiger partial charge in [0.1, 0.15) is 11.7 Å². The summed E-state index contributed by atoms with van der Waals surface area (Å²) < 4.78 is 42.6. The van der Waals surface area contributed by atoms with Crippen molar-refractivity contribution in [1.29, 1.82) is 0 Å². The van der Waals surface area contributed by atoms with Crippen molar-refractivity contribution in [2.24, 2.45) is 4.99 Å². The Bertz CT molecular complexity index is 1150. The second kappa shape index (κ2) is 9.79. The van der Waals surface area contributed by atoms with Crippen molar-refractivity contribution in [3.05, 3.63) is 81.2 Å². The summed E-state index contributed by atoms with van der Waals surface area (Å²) in [6.07, 6.45) is 3.64. The van der Waals surface area contributed by atoms with Gasteiger partial charge in [-0.25, -0.2) is 4.39 Å². The zero-order valence-corrected chi connectivity index (χ0v) is 19.5. The Balaban J connectivity index is 1.41. The van der Waals surface area contributed by atoms with E-state index >= 15 is 0 Å². The fourth-order valence-corrected chi connectivity index (χ4v) is 5.22. The molecule has 170 valence electrons. The molecule has 2 aliphatic heterocycles. The molecule has 0 aliphatic carbocycles. The number of rotatable bonds is 5. The van der Waals surface area contributed by atoms with Gasteiger partial charge in [0.25, 0.3) is 0 Å². The maximum absolute atomic E-state index is 13.1. The summed E-state index contributed by atoms with van der Waals surface area (Å²) >= 11 is 12.2. The van der Waals surface area contributed by atoms with Gasteiger partial charge < -0.3 is 0 Å². The van der Waals surface area contributed by atoms with E-state index in [-0.39, 0.29) is 11.9 Å². The van der Waals surface area contributed by atoms with Crippen molar-refractivity contribution < 1.29 is 12.8 Å². The van der Waals surface area contributed by atoms with Crippen LogP contribution in [0.2, 0.25) is 10.0 Å². The maximum atomic E-state index is 13.1. The molecule has 2 aromatic rings. The van der Waals surface area contributed by atoms with Gasteiger partial charge in [0.05, 0.1) is 6.04 Å². The van der Waals surface area contributed by atoms with Crippen LogP contribution >= 0.6 is 23.2 Å². The molecule has 2 heterocycles. The highest BCUT2D eigenvalue weighted by molar-refractivity contribution is 7.88. The monoisotopic (exact) mass is 496 g/mol. The van der Waals surface area contributed by atoms with Crippen LogP contribution in [-0.2, 0) is 23.2 Å². The van der Waals surface area contributed by atoms with Gasteiger partial charge in [-0.2, -0.15) is 8.42 Å². The molecule has 0 unspecified atom stereocenters. The lowest BCUT2D eigenvalue weighted by Gasteiger charge is -2.30. The van der Waals surface area contributed by atoms with E-state index in [1.165, 1.54) is 12.1 Å². The highest BCUT2D eigenvalue weighted by atomic mass is 35.5. The number of piperidine rings is 1. The van der Waals surface area contributed by atoms with E-state index in [0.29, 0.717) is 28.0 Å². The number of allylic oxidation sites excluding steroid dienone is 1. The standard InChI is InChI=1S/C22H23Cl2FN4O2S/c23-17-4-3-16(21(24)12-17)11-20-13-22(28-32(30,31)27-20)26-19-7-9-29(10-8-19)14-15-1-5-18(25)6-2-15/h1-6,12-13,19,27H,7-11,14H2,(H,26,28). The third kappa shape index (κ3) is 6.22. The lowest BCUT2D eigenvalue weighted by atomic mass is 10.0. The molecule has 0 amide bonds. The van der Waals surface area contributed by atoms with Gasteiger partial charge >= 0.3 is 10.2 Å². The Morgan fingerprint density at radius 3 is 2.47 bits per heavy atom. The normalized spacial score (nSPS) is 20.5. The topological polar surface area (TPSA) is 73.8 Å².